The number of rotatable bonds is 8. The topological polar surface area (TPSA) is 59.6 Å². The molecule has 7 nitrogen and oxygen atoms in total. The Balaban J connectivity index is 1.31. The van der Waals surface area contributed by atoms with Gasteiger partial charge in [0.2, 0.25) is 0 Å². The van der Waals surface area contributed by atoms with Crippen LogP contribution < -0.4 is 14.9 Å². The summed E-state index contributed by atoms with van der Waals surface area (Å²) < 4.78 is 3.41. The maximum absolute atomic E-state index is 4.91. The zero-order valence-corrected chi connectivity index (χ0v) is 26.3. The van der Waals surface area contributed by atoms with Gasteiger partial charge in [0.15, 0.2) is 5.13 Å². The highest BCUT2D eigenvalue weighted by molar-refractivity contribution is 8.26. The van der Waals surface area contributed by atoms with Crippen LogP contribution in [0.4, 0.5) is 16.8 Å². The third-order valence-electron chi connectivity index (χ3n) is 8.61. The zero-order valence-electron chi connectivity index (χ0n) is 24.7. The van der Waals surface area contributed by atoms with Gasteiger partial charge < -0.3 is 15.1 Å². The summed E-state index contributed by atoms with van der Waals surface area (Å²) in [6, 6.07) is 11.2. The summed E-state index contributed by atoms with van der Waals surface area (Å²) in [5.41, 5.74) is 6.85. The molecule has 1 unspecified atom stereocenters. The van der Waals surface area contributed by atoms with Gasteiger partial charge in [-0.05, 0) is 82.1 Å². The molecule has 6 rings (SSSR count). The monoisotopic (exact) mass is 587 g/mol. The van der Waals surface area contributed by atoms with Crippen LogP contribution in [-0.4, -0.2) is 71.3 Å². The highest BCUT2D eigenvalue weighted by Crippen LogP contribution is 2.48. The minimum Gasteiger partial charge on any atom is -0.364 e. The average Bonchev–Trinajstić information content (AvgIpc) is 3.65. The lowest BCUT2D eigenvalue weighted by Gasteiger charge is -2.35. The lowest BCUT2D eigenvalue weighted by atomic mass is 10.0. The Morgan fingerprint density at radius 2 is 1.88 bits per heavy atom. The van der Waals surface area contributed by atoms with Crippen molar-refractivity contribution in [2.45, 2.75) is 44.2 Å². The van der Waals surface area contributed by atoms with E-state index in [-0.39, 0.29) is 0 Å². The second-order valence-corrected chi connectivity index (χ2v) is 15.3. The first-order valence-corrected chi connectivity index (χ1v) is 17.0. The molecule has 1 saturated heterocycles. The molecule has 41 heavy (non-hydrogen) atoms. The Hall–Kier alpha value is -3.11. The Morgan fingerprint density at radius 1 is 1.10 bits per heavy atom. The van der Waals surface area contributed by atoms with Gasteiger partial charge in [-0.2, -0.15) is 0 Å². The smallest absolute Gasteiger partial charge is 0.189 e. The largest absolute Gasteiger partial charge is 0.364 e. The van der Waals surface area contributed by atoms with Crippen molar-refractivity contribution in [2.24, 2.45) is 5.92 Å². The van der Waals surface area contributed by atoms with Crippen LogP contribution in [0.3, 0.4) is 0 Å². The number of hydrogen-bond donors (Lipinski definition) is 2. The summed E-state index contributed by atoms with van der Waals surface area (Å²) >= 11 is 1.66. The summed E-state index contributed by atoms with van der Waals surface area (Å²) in [5.74, 6) is 11.5. The number of nitrogens with zero attached hydrogens (tertiary/aromatic N) is 5. The van der Waals surface area contributed by atoms with Gasteiger partial charge >= 0.3 is 0 Å². The molecule has 2 fully saturated rings. The van der Waals surface area contributed by atoms with Crippen LogP contribution >= 0.6 is 20.7 Å². The fraction of sp³-hybridized carbons (Fsp3) is 0.375. The number of pyridine rings is 1. The summed E-state index contributed by atoms with van der Waals surface area (Å²) in [6.07, 6.45) is 2.63. The minimum absolute atomic E-state index is 0.493. The van der Waals surface area contributed by atoms with Gasteiger partial charge in [-0.25, -0.2) is 9.97 Å². The Labute approximate surface area is 249 Å². The molecular weight excluding hydrogens is 547 g/mol. The number of thiazole rings is 1. The second-order valence-electron chi connectivity index (χ2n) is 11.6. The van der Waals surface area contributed by atoms with Crippen LogP contribution in [-0.2, 0) is 6.54 Å². The second kappa shape index (κ2) is 10.6. The number of fused-ring (bicyclic) bond motifs is 1. The molecule has 9 heteroatoms. The van der Waals surface area contributed by atoms with Gasteiger partial charge in [-0.1, -0.05) is 42.3 Å². The first kappa shape index (κ1) is 28.0. The molecule has 0 amide bonds. The molecule has 4 heterocycles. The number of nitrogens with one attached hydrogen (secondary N) is 2. The van der Waals surface area contributed by atoms with Gasteiger partial charge in [-0.15, -0.1) is 9.39 Å². The van der Waals surface area contributed by atoms with E-state index >= 15 is 0 Å². The van der Waals surface area contributed by atoms with E-state index in [9.17, 15) is 0 Å². The standard InChI is InChI=1S/C32H41N7S2/c1-20-18-37(6)14-15-38(20)29-11-9-10-28(35-29)36-32-34-21(2)31(40-32)25-16-26-19-39(22(3)24-12-13-24)23(4)30(26)27(17-25)41(7,8)33-5/h9-11,16-17,22,24,33H,1,4,7-8,12-15,18-19H2,2-3,5-6H3,(H,34,35,36). The first-order valence-electron chi connectivity index (χ1n) is 14.2. The van der Waals surface area contributed by atoms with Crippen molar-refractivity contribution < 1.29 is 0 Å². The van der Waals surface area contributed by atoms with E-state index in [0.29, 0.717) is 6.04 Å². The normalized spacial score (nSPS) is 18.6. The molecule has 1 atom stereocenters. The van der Waals surface area contributed by atoms with E-state index in [1.165, 1.54) is 24.0 Å². The van der Waals surface area contributed by atoms with E-state index < -0.39 is 9.39 Å². The van der Waals surface area contributed by atoms with Crippen molar-refractivity contribution in [3.05, 3.63) is 66.0 Å². The highest BCUT2D eigenvalue weighted by atomic mass is 32.2. The maximum Gasteiger partial charge on any atom is 0.189 e. The summed E-state index contributed by atoms with van der Waals surface area (Å²) in [6.45, 7) is 16.8. The lowest BCUT2D eigenvalue weighted by molar-refractivity contribution is 0.290. The van der Waals surface area contributed by atoms with Gasteiger partial charge in [0, 0.05) is 54.1 Å². The van der Waals surface area contributed by atoms with Crippen LogP contribution in [0.2, 0.25) is 0 Å². The van der Waals surface area contributed by atoms with Crippen LogP contribution in [0.1, 0.15) is 36.6 Å². The van der Waals surface area contributed by atoms with Crippen molar-refractivity contribution >= 4 is 54.9 Å². The SMILES string of the molecule is C=C1CN(C)CCN1c1cccc(Nc2nc(C)c(-c3cc4c(c(S(=C)(=C)NC)c3)C(=C)N(C(C)C3CC3)C4)s2)n1. The molecule has 2 aromatic heterocycles. The van der Waals surface area contributed by atoms with E-state index in [1.807, 2.05) is 25.2 Å². The molecule has 0 spiro atoms. The Kier molecular flexibility index (Phi) is 7.26. The third kappa shape index (κ3) is 5.32. The van der Waals surface area contributed by atoms with E-state index in [4.69, 9.17) is 9.97 Å². The molecule has 3 aliphatic rings. The van der Waals surface area contributed by atoms with Crippen LogP contribution in [0.25, 0.3) is 16.1 Å². The fourth-order valence-electron chi connectivity index (χ4n) is 5.97. The predicted octanol–water partition coefficient (Wildman–Crippen LogP) is 6.27. The van der Waals surface area contributed by atoms with Crippen LogP contribution in [0.15, 0.2) is 54.1 Å². The number of anilines is 3. The molecule has 0 radical (unpaired) electrons. The first-order chi connectivity index (χ1) is 19.6. The van der Waals surface area contributed by atoms with Crippen molar-refractivity contribution in [3.63, 3.8) is 0 Å². The number of piperazine rings is 1. The number of hydrogen-bond acceptors (Lipinski definition) is 8. The molecule has 2 N–H and O–H groups in total. The number of aromatic nitrogens is 2. The van der Waals surface area contributed by atoms with Gasteiger partial charge in [0.1, 0.15) is 11.6 Å². The molecule has 1 aliphatic carbocycles. The highest BCUT2D eigenvalue weighted by Gasteiger charge is 2.37. The third-order valence-corrected chi connectivity index (χ3v) is 11.7. The van der Waals surface area contributed by atoms with Crippen LogP contribution in [0, 0.1) is 12.8 Å². The van der Waals surface area contributed by atoms with Gasteiger partial charge in [0.05, 0.1) is 10.6 Å². The molecule has 3 aromatic rings. The lowest BCUT2D eigenvalue weighted by Crippen LogP contribution is -2.42. The number of aryl methyl sites for hydroxylation is 1. The molecular formula is C32H41N7S2. The van der Waals surface area contributed by atoms with Gasteiger partial charge in [-0.3, -0.25) is 9.62 Å². The summed E-state index contributed by atoms with van der Waals surface area (Å²) in [5, 5.41) is 4.30. The summed E-state index contributed by atoms with van der Waals surface area (Å²) in [4.78, 5) is 19.1. The molecule has 0 bridgehead atoms. The number of likely N-dealkylation sites (N-methyl/N-ethyl adjacent to an activating group) is 1. The van der Waals surface area contributed by atoms with Crippen molar-refractivity contribution in [2.75, 3.05) is 43.9 Å². The van der Waals surface area contributed by atoms with Crippen molar-refractivity contribution in [1.82, 2.24) is 24.5 Å². The average molecular weight is 588 g/mol. The molecule has 1 aromatic carbocycles. The maximum atomic E-state index is 4.91. The Bertz CT molecular complexity index is 1630. The fourth-order valence-corrected chi connectivity index (χ4v) is 8.14. The molecule has 1 saturated carbocycles. The van der Waals surface area contributed by atoms with Crippen molar-refractivity contribution in [1.29, 1.82) is 0 Å². The van der Waals surface area contributed by atoms with Crippen molar-refractivity contribution in [3.8, 4) is 10.4 Å². The van der Waals surface area contributed by atoms with Gasteiger partial charge in [0.25, 0.3) is 0 Å². The molecule has 2 aliphatic heterocycles. The minimum atomic E-state index is -1.71. The van der Waals surface area contributed by atoms with E-state index in [1.54, 1.807) is 11.3 Å². The molecule has 216 valence electrons. The quantitative estimate of drug-likeness (QED) is 0.301. The van der Waals surface area contributed by atoms with E-state index in [0.717, 1.165) is 81.3 Å². The van der Waals surface area contributed by atoms with Crippen LogP contribution in [0.5, 0.6) is 0 Å². The van der Waals surface area contributed by atoms with E-state index in [2.05, 4.69) is 82.7 Å². The zero-order chi connectivity index (χ0) is 29.1. The predicted molar refractivity (Wildman–Crippen MR) is 180 cm³/mol. The Morgan fingerprint density at radius 3 is 2.59 bits per heavy atom. The summed E-state index contributed by atoms with van der Waals surface area (Å²) in [7, 11) is 2.36. The number of benzene rings is 1.